The number of benzene rings is 1. The number of amides is 1. The van der Waals surface area contributed by atoms with E-state index in [9.17, 15) is 23.1 Å². The molecule has 5 nitrogen and oxygen atoms in total. The summed E-state index contributed by atoms with van der Waals surface area (Å²) in [4.78, 5) is 18.0. The number of nitrogens with zero attached hydrogens (tertiary/aromatic N) is 2. The largest absolute Gasteiger partial charge is 0.416 e. The van der Waals surface area contributed by atoms with Crippen LogP contribution in [0.2, 0.25) is 0 Å². The first-order chi connectivity index (χ1) is 14.7. The van der Waals surface area contributed by atoms with Crippen LogP contribution in [0.3, 0.4) is 0 Å². The maximum Gasteiger partial charge on any atom is 0.416 e. The van der Waals surface area contributed by atoms with Crippen LogP contribution in [-0.2, 0) is 12.6 Å². The Morgan fingerprint density at radius 2 is 1.87 bits per heavy atom. The Bertz CT molecular complexity index is 878. The molecule has 0 saturated carbocycles. The lowest BCUT2D eigenvalue weighted by Crippen LogP contribution is -2.41. The van der Waals surface area contributed by atoms with Crippen molar-refractivity contribution < 1.29 is 23.1 Å². The third-order valence-electron chi connectivity index (χ3n) is 6.22. The van der Waals surface area contributed by atoms with Gasteiger partial charge < -0.3 is 15.7 Å². The third kappa shape index (κ3) is 5.83. The maximum absolute atomic E-state index is 12.7. The van der Waals surface area contributed by atoms with Gasteiger partial charge >= 0.3 is 6.18 Å². The van der Waals surface area contributed by atoms with Gasteiger partial charge in [0.1, 0.15) is 0 Å². The zero-order valence-corrected chi connectivity index (χ0v) is 17.5. The molecule has 0 radical (unpaired) electrons. The number of primary amides is 1. The number of aromatic nitrogens is 1. The fourth-order valence-electron chi connectivity index (χ4n) is 4.23. The van der Waals surface area contributed by atoms with Crippen molar-refractivity contribution in [2.75, 3.05) is 13.1 Å². The summed E-state index contributed by atoms with van der Waals surface area (Å²) in [5.41, 5.74) is 6.59. The second kappa shape index (κ2) is 9.78. The van der Waals surface area contributed by atoms with Crippen LogP contribution in [0.15, 0.2) is 42.7 Å². The van der Waals surface area contributed by atoms with Crippen LogP contribution in [0.1, 0.15) is 59.3 Å². The minimum Gasteiger partial charge on any atom is -0.388 e. The number of piperidine rings is 1. The Hall–Kier alpha value is -2.45. The SMILES string of the molecule is CC(CCc1cnccc1C(N)=O)N1CCC(C(O)c2ccc(C(F)(F)F)cc2)CC1. The Morgan fingerprint density at radius 3 is 2.45 bits per heavy atom. The van der Waals surface area contributed by atoms with E-state index in [1.807, 2.05) is 0 Å². The number of aliphatic hydroxyl groups excluding tert-OH is 1. The predicted molar refractivity (Wildman–Crippen MR) is 111 cm³/mol. The number of rotatable bonds is 7. The maximum atomic E-state index is 12.7. The molecule has 2 atom stereocenters. The fraction of sp³-hybridized carbons (Fsp3) is 0.478. The van der Waals surface area contributed by atoms with Gasteiger partial charge in [-0.3, -0.25) is 9.78 Å². The monoisotopic (exact) mass is 435 g/mol. The van der Waals surface area contributed by atoms with Crippen LogP contribution in [0.4, 0.5) is 13.2 Å². The Balaban J connectivity index is 1.51. The number of nitrogens with two attached hydrogens (primary N) is 1. The van der Waals surface area contributed by atoms with Gasteiger partial charge in [-0.05, 0) is 80.9 Å². The lowest BCUT2D eigenvalue weighted by molar-refractivity contribution is -0.137. The average Bonchev–Trinajstić information content (AvgIpc) is 2.76. The summed E-state index contributed by atoms with van der Waals surface area (Å²) in [6.07, 6.45) is 1.17. The summed E-state index contributed by atoms with van der Waals surface area (Å²) in [5.74, 6) is -0.442. The Kier molecular flexibility index (Phi) is 7.33. The predicted octanol–water partition coefficient (Wildman–Crippen LogP) is 3.97. The highest BCUT2D eigenvalue weighted by Crippen LogP contribution is 2.34. The molecule has 2 heterocycles. The van der Waals surface area contributed by atoms with Crippen LogP contribution in [0, 0.1) is 5.92 Å². The molecule has 0 aliphatic carbocycles. The van der Waals surface area contributed by atoms with E-state index in [1.165, 1.54) is 12.1 Å². The van der Waals surface area contributed by atoms with Crippen LogP contribution in [-0.4, -0.2) is 40.0 Å². The van der Waals surface area contributed by atoms with Gasteiger partial charge in [-0.25, -0.2) is 0 Å². The molecular weight excluding hydrogens is 407 g/mol. The van der Waals surface area contributed by atoms with E-state index in [2.05, 4.69) is 16.8 Å². The summed E-state index contributed by atoms with van der Waals surface area (Å²) in [7, 11) is 0. The van der Waals surface area contributed by atoms with Crippen molar-refractivity contribution in [2.24, 2.45) is 11.7 Å². The first-order valence-electron chi connectivity index (χ1n) is 10.5. The summed E-state index contributed by atoms with van der Waals surface area (Å²) in [6, 6.07) is 6.70. The molecule has 8 heteroatoms. The standard InChI is InChI=1S/C23H28F3N3O2/c1-15(2-3-18-14-28-11-8-20(18)22(27)31)29-12-9-17(10-13-29)21(30)16-4-6-19(7-5-16)23(24,25)26/h4-8,11,14-15,17,21,30H,2-3,9-10,12-13H2,1H3,(H2,27,31). The first kappa shape index (κ1) is 23.2. The highest BCUT2D eigenvalue weighted by molar-refractivity contribution is 5.94. The zero-order valence-electron chi connectivity index (χ0n) is 17.5. The number of pyridine rings is 1. The van der Waals surface area contributed by atoms with Crippen LogP contribution in [0.5, 0.6) is 0 Å². The lowest BCUT2D eigenvalue weighted by atomic mass is 9.86. The normalized spacial score (nSPS) is 18.0. The molecule has 3 N–H and O–H groups in total. The summed E-state index contributed by atoms with van der Waals surface area (Å²) in [5, 5.41) is 10.6. The van der Waals surface area contributed by atoms with E-state index in [4.69, 9.17) is 5.73 Å². The summed E-state index contributed by atoms with van der Waals surface area (Å²) < 4.78 is 38.2. The summed E-state index contributed by atoms with van der Waals surface area (Å²) >= 11 is 0. The van der Waals surface area contributed by atoms with Gasteiger partial charge in [0.15, 0.2) is 0 Å². The zero-order chi connectivity index (χ0) is 22.6. The average molecular weight is 435 g/mol. The van der Waals surface area contributed by atoms with Crippen molar-refractivity contribution in [2.45, 2.75) is 50.9 Å². The van der Waals surface area contributed by atoms with Crippen LogP contribution >= 0.6 is 0 Å². The Morgan fingerprint density at radius 1 is 1.23 bits per heavy atom. The van der Waals surface area contributed by atoms with Crippen LogP contribution < -0.4 is 5.73 Å². The molecule has 1 aliphatic rings. The van der Waals surface area contributed by atoms with E-state index in [1.54, 1.807) is 18.5 Å². The molecule has 1 fully saturated rings. The third-order valence-corrected chi connectivity index (χ3v) is 6.22. The second-order valence-corrected chi connectivity index (χ2v) is 8.22. The topological polar surface area (TPSA) is 79.5 Å². The highest BCUT2D eigenvalue weighted by atomic mass is 19.4. The molecule has 1 amide bonds. The molecule has 31 heavy (non-hydrogen) atoms. The molecule has 2 unspecified atom stereocenters. The number of alkyl halides is 3. The van der Waals surface area contributed by atoms with E-state index in [0.717, 1.165) is 50.0 Å². The van der Waals surface area contributed by atoms with Crippen molar-refractivity contribution in [3.8, 4) is 0 Å². The molecule has 1 saturated heterocycles. The first-order valence-corrected chi connectivity index (χ1v) is 10.5. The van der Waals surface area contributed by atoms with Gasteiger partial charge in [-0.1, -0.05) is 12.1 Å². The van der Waals surface area contributed by atoms with Crippen molar-refractivity contribution in [1.82, 2.24) is 9.88 Å². The van der Waals surface area contributed by atoms with E-state index < -0.39 is 23.8 Å². The Labute approximate surface area is 180 Å². The van der Waals surface area contributed by atoms with E-state index in [0.29, 0.717) is 17.5 Å². The number of aliphatic hydroxyl groups is 1. The quantitative estimate of drug-likeness (QED) is 0.690. The lowest BCUT2D eigenvalue weighted by Gasteiger charge is -2.38. The van der Waals surface area contributed by atoms with E-state index in [-0.39, 0.29) is 12.0 Å². The van der Waals surface area contributed by atoms with Gasteiger partial charge in [-0.2, -0.15) is 13.2 Å². The van der Waals surface area contributed by atoms with Crippen molar-refractivity contribution in [3.63, 3.8) is 0 Å². The molecule has 0 spiro atoms. The van der Waals surface area contributed by atoms with E-state index >= 15 is 0 Å². The fourth-order valence-corrected chi connectivity index (χ4v) is 4.23. The van der Waals surface area contributed by atoms with Crippen LogP contribution in [0.25, 0.3) is 0 Å². The molecule has 3 rings (SSSR count). The van der Waals surface area contributed by atoms with Gasteiger partial charge in [0.05, 0.1) is 11.7 Å². The van der Waals surface area contributed by atoms with Gasteiger partial charge in [0.25, 0.3) is 0 Å². The van der Waals surface area contributed by atoms with Gasteiger partial charge in [0.2, 0.25) is 5.91 Å². The molecule has 1 aromatic heterocycles. The van der Waals surface area contributed by atoms with Crippen molar-refractivity contribution >= 4 is 5.91 Å². The minimum atomic E-state index is -4.38. The molecular formula is C23H28F3N3O2. The number of carbonyl (C=O) groups excluding carboxylic acids is 1. The number of likely N-dealkylation sites (tertiary alicyclic amines) is 1. The number of carbonyl (C=O) groups is 1. The molecule has 1 aromatic carbocycles. The van der Waals surface area contributed by atoms with Crippen molar-refractivity contribution in [3.05, 3.63) is 65.0 Å². The molecule has 2 aromatic rings. The minimum absolute atomic E-state index is 0.0139. The molecule has 0 bridgehead atoms. The number of hydrogen-bond acceptors (Lipinski definition) is 4. The highest BCUT2D eigenvalue weighted by Gasteiger charge is 2.32. The second-order valence-electron chi connectivity index (χ2n) is 8.22. The van der Waals surface area contributed by atoms with Crippen molar-refractivity contribution in [1.29, 1.82) is 0 Å². The summed E-state index contributed by atoms with van der Waals surface area (Å²) in [6.45, 7) is 3.74. The van der Waals surface area contributed by atoms with Gasteiger partial charge in [0, 0.05) is 24.0 Å². The van der Waals surface area contributed by atoms with Gasteiger partial charge in [-0.15, -0.1) is 0 Å². The smallest absolute Gasteiger partial charge is 0.388 e. The molecule has 1 aliphatic heterocycles. The number of aryl methyl sites for hydroxylation is 1. The number of halogens is 3. The molecule has 168 valence electrons. The number of hydrogen-bond donors (Lipinski definition) is 2.